The predicted molar refractivity (Wildman–Crippen MR) is 113 cm³/mol. The van der Waals surface area contributed by atoms with Crippen LogP contribution in [0.3, 0.4) is 0 Å². The molecule has 3 aromatic rings. The van der Waals surface area contributed by atoms with E-state index in [9.17, 15) is 9.90 Å². The van der Waals surface area contributed by atoms with E-state index in [4.69, 9.17) is 9.26 Å². The van der Waals surface area contributed by atoms with Crippen LogP contribution in [0, 0.1) is 5.92 Å². The average Bonchev–Trinajstić information content (AvgIpc) is 3.41. The van der Waals surface area contributed by atoms with Gasteiger partial charge in [-0.2, -0.15) is 4.98 Å². The molecule has 1 N–H and O–H groups in total. The predicted octanol–water partition coefficient (Wildman–Crippen LogP) is 2.52. The van der Waals surface area contributed by atoms with Crippen LogP contribution in [-0.4, -0.2) is 57.3 Å². The summed E-state index contributed by atoms with van der Waals surface area (Å²) in [5.41, 5.74) is 1.97. The maximum Gasteiger partial charge on any atom is 0.226 e. The number of benzene rings is 1. The van der Waals surface area contributed by atoms with Crippen molar-refractivity contribution in [3.8, 4) is 17.1 Å². The van der Waals surface area contributed by atoms with E-state index in [1.807, 2.05) is 36.4 Å². The maximum atomic E-state index is 12.6. The van der Waals surface area contributed by atoms with Gasteiger partial charge < -0.3 is 19.3 Å². The van der Waals surface area contributed by atoms with E-state index >= 15 is 0 Å². The lowest BCUT2D eigenvalue weighted by molar-refractivity contribution is -0.130. The molecule has 4 rings (SSSR count). The summed E-state index contributed by atoms with van der Waals surface area (Å²) in [5.74, 6) is 1.89. The Morgan fingerprint density at radius 2 is 1.97 bits per heavy atom. The van der Waals surface area contributed by atoms with Crippen molar-refractivity contribution in [2.45, 2.75) is 31.8 Å². The van der Waals surface area contributed by atoms with Gasteiger partial charge in [0.1, 0.15) is 5.75 Å². The van der Waals surface area contributed by atoms with Crippen LogP contribution in [0.2, 0.25) is 0 Å². The quantitative estimate of drug-likeness (QED) is 0.595. The number of aliphatic hydroxyl groups is 1. The second-order valence-electron chi connectivity index (χ2n) is 7.78. The summed E-state index contributed by atoms with van der Waals surface area (Å²) in [4.78, 5) is 22.8. The normalized spacial score (nSPS) is 18.3. The van der Waals surface area contributed by atoms with Crippen LogP contribution >= 0.6 is 0 Å². The van der Waals surface area contributed by atoms with E-state index in [0.29, 0.717) is 44.1 Å². The molecule has 2 aromatic heterocycles. The molecule has 8 nitrogen and oxygen atoms in total. The molecule has 1 amide bonds. The van der Waals surface area contributed by atoms with Crippen molar-refractivity contribution in [1.82, 2.24) is 20.0 Å². The van der Waals surface area contributed by atoms with Crippen LogP contribution in [-0.2, 0) is 17.6 Å². The Kier molecular flexibility index (Phi) is 6.57. The summed E-state index contributed by atoms with van der Waals surface area (Å²) in [5, 5.41) is 14.4. The number of rotatable bonds is 8. The molecular weight excluding hydrogens is 396 g/mol. The Morgan fingerprint density at radius 1 is 1.19 bits per heavy atom. The first kappa shape index (κ1) is 21.0. The molecule has 0 spiro atoms. The molecule has 0 saturated carbocycles. The highest BCUT2D eigenvalue weighted by Crippen LogP contribution is 2.23. The van der Waals surface area contributed by atoms with Crippen molar-refractivity contribution < 1.29 is 19.2 Å². The number of pyridine rings is 1. The van der Waals surface area contributed by atoms with Crippen molar-refractivity contribution in [3.63, 3.8) is 0 Å². The van der Waals surface area contributed by atoms with Crippen LogP contribution in [0.5, 0.6) is 5.75 Å². The number of amides is 1. The topological polar surface area (TPSA) is 102 Å². The Bertz CT molecular complexity index is 990. The molecule has 31 heavy (non-hydrogen) atoms. The van der Waals surface area contributed by atoms with Gasteiger partial charge in [-0.25, -0.2) is 0 Å². The maximum absolute atomic E-state index is 12.6. The van der Waals surface area contributed by atoms with Crippen LogP contribution in [0.15, 0.2) is 53.3 Å². The first-order chi connectivity index (χ1) is 15.1. The van der Waals surface area contributed by atoms with Gasteiger partial charge in [-0.3, -0.25) is 9.78 Å². The van der Waals surface area contributed by atoms with Crippen LogP contribution in [0.25, 0.3) is 11.4 Å². The number of nitrogens with zero attached hydrogens (tertiary/aromatic N) is 4. The van der Waals surface area contributed by atoms with Crippen molar-refractivity contribution in [2.75, 3.05) is 20.2 Å². The lowest BCUT2D eigenvalue weighted by atomic mass is 9.97. The van der Waals surface area contributed by atoms with E-state index in [0.717, 1.165) is 23.3 Å². The number of ether oxygens (including phenoxy) is 1. The minimum atomic E-state index is -0.500. The van der Waals surface area contributed by atoms with Crippen LogP contribution < -0.4 is 4.74 Å². The second kappa shape index (κ2) is 9.70. The minimum Gasteiger partial charge on any atom is -0.497 e. The van der Waals surface area contributed by atoms with Gasteiger partial charge in [-0.15, -0.1) is 0 Å². The standard InChI is InChI=1S/C23H26N4O4/c1-30-19-7-5-17(6-8-19)23-25-21(31-26-23)3-2-4-22(29)27-14-18(20(28)15-27)13-16-9-11-24-12-10-16/h5-12,18,20,28H,2-4,13-15H2,1H3/t18-,20+/m1/s1. The highest BCUT2D eigenvalue weighted by molar-refractivity contribution is 5.76. The minimum absolute atomic E-state index is 0.0474. The molecule has 0 aliphatic carbocycles. The Labute approximate surface area is 180 Å². The SMILES string of the molecule is COc1ccc(-c2noc(CCCC(=O)N3C[C@@H](Cc4ccncc4)[C@@H](O)C3)n2)cc1. The van der Waals surface area contributed by atoms with E-state index in [-0.39, 0.29) is 11.8 Å². The number of aryl methyl sites for hydroxylation is 1. The van der Waals surface area contributed by atoms with Crippen LogP contribution in [0.1, 0.15) is 24.3 Å². The molecule has 2 atom stereocenters. The van der Waals surface area contributed by atoms with E-state index < -0.39 is 6.10 Å². The van der Waals surface area contributed by atoms with Crippen molar-refractivity contribution in [1.29, 1.82) is 0 Å². The van der Waals surface area contributed by atoms with Gasteiger partial charge in [0, 0.05) is 49.8 Å². The average molecular weight is 422 g/mol. The van der Waals surface area contributed by atoms with E-state index in [1.165, 1.54) is 0 Å². The molecule has 8 heteroatoms. The Hall–Kier alpha value is -3.26. The molecule has 1 aliphatic rings. The lowest BCUT2D eigenvalue weighted by Crippen LogP contribution is -2.29. The number of aromatic nitrogens is 3. The number of aliphatic hydroxyl groups excluding tert-OH is 1. The number of carbonyl (C=O) groups excluding carboxylic acids is 1. The van der Waals surface area contributed by atoms with Gasteiger partial charge in [0.05, 0.1) is 13.2 Å². The van der Waals surface area contributed by atoms with Gasteiger partial charge in [0.2, 0.25) is 17.6 Å². The third-order valence-corrected chi connectivity index (χ3v) is 5.60. The second-order valence-corrected chi connectivity index (χ2v) is 7.78. The van der Waals surface area contributed by atoms with E-state index in [1.54, 1.807) is 24.4 Å². The van der Waals surface area contributed by atoms with Gasteiger partial charge in [-0.05, 0) is 54.8 Å². The zero-order chi connectivity index (χ0) is 21.6. The molecular formula is C23H26N4O4. The van der Waals surface area contributed by atoms with Gasteiger partial charge in [-0.1, -0.05) is 5.16 Å². The number of β-amino-alcohol motifs (C(OH)–C–C–N with tert-alkyl or cyclic N) is 1. The molecule has 162 valence electrons. The zero-order valence-electron chi connectivity index (χ0n) is 17.5. The summed E-state index contributed by atoms with van der Waals surface area (Å²) in [6.45, 7) is 0.960. The number of hydrogen-bond acceptors (Lipinski definition) is 7. The van der Waals surface area contributed by atoms with E-state index in [2.05, 4.69) is 15.1 Å². The lowest BCUT2D eigenvalue weighted by Gasteiger charge is -2.16. The molecule has 1 saturated heterocycles. The van der Waals surface area contributed by atoms with Gasteiger partial charge in [0.25, 0.3) is 0 Å². The highest BCUT2D eigenvalue weighted by Gasteiger charge is 2.33. The van der Waals surface area contributed by atoms with Gasteiger partial charge >= 0.3 is 0 Å². The molecule has 0 unspecified atom stereocenters. The zero-order valence-corrected chi connectivity index (χ0v) is 17.5. The number of methoxy groups -OCH3 is 1. The first-order valence-corrected chi connectivity index (χ1v) is 10.4. The summed E-state index contributed by atoms with van der Waals surface area (Å²) < 4.78 is 10.5. The third kappa shape index (κ3) is 5.27. The molecule has 1 aromatic carbocycles. The molecule has 3 heterocycles. The number of likely N-dealkylation sites (tertiary alicyclic amines) is 1. The molecule has 1 aliphatic heterocycles. The Morgan fingerprint density at radius 3 is 2.71 bits per heavy atom. The first-order valence-electron chi connectivity index (χ1n) is 10.4. The third-order valence-electron chi connectivity index (χ3n) is 5.60. The largest absolute Gasteiger partial charge is 0.497 e. The molecule has 0 radical (unpaired) electrons. The molecule has 0 bridgehead atoms. The van der Waals surface area contributed by atoms with Gasteiger partial charge in [0.15, 0.2) is 0 Å². The summed E-state index contributed by atoms with van der Waals surface area (Å²) in [7, 11) is 1.62. The summed E-state index contributed by atoms with van der Waals surface area (Å²) in [6, 6.07) is 11.3. The van der Waals surface area contributed by atoms with Crippen molar-refractivity contribution in [3.05, 3.63) is 60.2 Å². The highest BCUT2D eigenvalue weighted by atomic mass is 16.5. The molecule has 1 fully saturated rings. The summed E-state index contributed by atoms with van der Waals surface area (Å²) >= 11 is 0. The number of hydrogen-bond donors (Lipinski definition) is 1. The van der Waals surface area contributed by atoms with Crippen molar-refractivity contribution in [2.24, 2.45) is 5.92 Å². The van der Waals surface area contributed by atoms with Crippen molar-refractivity contribution >= 4 is 5.91 Å². The Balaban J connectivity index is 1.24. The fourth-order valence-corrected chi connectivity index (χ4v) is 3.84. The fourth-order valence-electron chi connectivity index (χ4n) is 3.84. The summed E-state index contributed by atoms with van der Waals surface area (Å²) in [6.07, 6.45) is 5.27. The monoisotopic (exact) mass is 422 g/mol. The fraction of sp³-hybridized carbons (Fsp3) is 0.391. The smallest absolute Gasteiger partial charge is 0.226 e. The van der Waals surface area contributed by atoms with Crippen LogP contribution in [0.4, 0.5) is 0 Å². The number of carbonyl (C=O) groups is 1.